The number of carbonyl (C=O) groups excluding carboxylic acids is 4. The molecule has 0 aliphatic carbocycles. The molecule has 1 aromatic rings. The van der Waals surface area contributed by atoms with Crippen molar-refractivity contribution in [2.75, 3.05) is 59.5 Å². The quantitative estimate of drug-likeness (QED) is 0.0235. The van der Waals surface area contributed by atoms with Gasteiger partial charge in [-0.05, 0) is 12.1 Å². The minimum Gasteiger partial charge on any atom is -0.463 e. The molecule has 9 saturated heterocycles. The Morgan fingerprint density at radius 3 is 1.02 bits per heavy atom. The van der Waals surface area contributed by atoms with E-state index >= 15 is 0 Å². The lowest BCUT2D eigenvalue weighted by Crippen LogP contribution is -2.72. The Bertz CT molecular complexity index is 3470. The molecule has 0 bridgehead atoms. The van der Waals surface area contributed by atoms with Gasteiger partial charge in [0.15, 0.2) is 50.3 Å². The summed E-state index contributed by atoms with van der Waals surface area (Å²) in [5.41, 5.74) is -0.370. The fourth-order valence-corrected chi connectivity index (χ4v) is 15.2. The first-order valence-electron chi connectivity index (χ1n) is 38.2. The summed E-state index contributed by atoms with van der Waals surface area (Å²) in [7, 11) is 0. The molecular weight excluding hydrogens is 1650 g/mol. The van der Waals surface area contributed by atoms with Crippen molar-refractivity contribution < 1.29 is 232 Å². The molecule has 692 valence electrons. The van der Waals surface area contributed by atoms with Gasteiger partial charge in [-0.15, -0.1) is 0 Å². The molecule has 121 heavy (non-hydrogen) atoms. The fraction of sp³-hybridized carbons (Fsp3) is 0.853. The second kappa shape index (κ2) is 43.0. The Morgan fingerprint density at radius 1 is 0.298 bits per heavy atom. The Kier molecular flexibility index (Phi) is 34.8. The van der Waals surface area contributed by atoms with Gasteiger partial charge in [-0.3, -0.25) is 29.3 Å². The van der Waals surface area contributed by atoms with E-state index in [1.165, 1.54) is 0 Å². The van der Waals surface area contributed by atoms with E-state index in [-0.39, 0.29) is 11.4 Å². The van der Waals surface area contributed by atoms with Crippen LogP contribution in [0.4, 0.5) is 5.69 Å². The maximum Gasteiger partial charge on any atom is 0.269 e. The Labute approximate surface area is 684 Å². The molecule has 9 fully saturated rings. The van der Waals surface area contributed by atoms with Crippen LogP contribution in [0.2, 0.25) is 0 Å². The first-order chi connectivity index (χ1) is 57.3. The number of nitrogens with one attached hydrogen (secondary N) is 4. The van der Waals surface area contributed by atoms with Crippen molar-refractivity contribution in [3.63, 3.8) is 0 Å². The van der Waals surface area contributed by atoms with Crippen molar-refractivity contribution in [2.24, 2.45) is 0 Å². The molecule has 0 radical (unpaired) electrons. The van der Waals surface area contributed by atoms with E-state index < -0.39 is 364 Å². The number of nitro groups is 1. The summed E-state index contributed by atoms with van der Waals surface area (Å²) < 4.78 is 109. The van der Waals surface area contributed by atoms with Gasteiger partial charge in [0.1, 0.15) is 225 Å². The average Bonchev–Trinajstić information content (AvgIpc) is 0.753. The fourth-order valence-electron chi connectivity index (χ4n) is 15.2. The molecule has 9 aliphatic heterocycles. The second-order valence-corrected chi connectivity index (χ2v) is 30.0. The van der Waals surface area contributed by atoms with Crippen molar-refractivity contribution in [3.8, 4) is 5.75 Å². The molecule has 28 N–H and O–H groups in total. The van der Waals surface area contributed by atoms with Crippen LogP contribution in [0.5, 0.6) is 5.75 Å². The Morgan fingerprint density at radius 2 is 0.587 bits per heavy atom. The molecule has 10 rings (SSSR count). The van der Waals surface area contributed by atoms with Gasteiger partial charge in [0, 0.05) is 39.8 Å². The van der Waals surface area contributed by atoms with Crippen LogP contribution in [0.25, 0.3) is 0 Å². The largest absolute Gasteiger partial charge is 0.463 e. The SMILES string of the molecule is CC(=O)N[C@H]1[C@H](Oc2ccc([N+](=O)[O-])cc2)O[C@H](CO)[C@@H](O[C@@H]2O[C@H](CO)[C@@H](O[C@@H]3O[C@H](CO[C@H]4O[C@H](CO[C@H]5O[C@H](CO)[C@@H](O)[C@H](O)[C@@H]5O)[C@@H](O)[C@H](O[C@H]5O[C@H](CO)[C@@H](O)[C@H](O)[C@@H]5O)[C@@H]4O)[C@@H](O)[C@H](O[C@H]4O[C@H](CO)[C@@H](O)[C@H](O)[C@@H]4O[C@@H]4O[C@H](CO)[C@@H](O)[C@H](O)[C@H]4NC(C)=O)[C@@H]3O[C@@H]3O[C@H](CO)[C@@H](O)[C@H](O)[C@H]3NC(C)=O)[C@H](O)[C@H]2NC(C)=O)[C@@H]1O. The van der Waals surface area contributed by atoms with Crippen LogP contribution in [0, 0.1) is 10.1 Å². The summed E-state index contributed by atoms with van der Waals surface area (Å²) >= 11 is 0. The van der Waals surface area contributed by atoms with Crippen LogP contribution in [-0.2, 0) is 99.7 Å². The molecule has 0 unspecified atom stereocenters. The number of hydrogen-bond donors (Lipinski definition) is 28. The van der Waals surface area contributed by atoms with E-state index in [1.807, 2.05) is 0 Å². The minimum absolute atomic E-state index is 0.122. The Balaban J connectivity index is 1.07. The monoisotopic (exact) mass is 1760 g/mol. The van der Waals surface area contributed by atoms with Gasteiger partial charge in [0.2, 0.25) is 29.9 Å². The molecular formula is C68H107N5O48. The number of non-ortho nitro benzene ring substituents is 1. The number of benzene rings is 1. The van der Waals surface area contributed by atoms with Gasteiger partial charge in [-0.1, -0.05) is 0 Å². The van der Waals surface area contributed by atoms with E-state index in [2.05, 4.69) is 21.3 Å². The summed E-state index contributed by atoms with van der Waals surface area (Å²) in [5, 5.41) is 291. The number of ether oxygens (including phenoxy) is 18. The predicted molar refractivity (Wildman–Crippen MR) is 375 cm³/mol. The molecule has 1 aromatic carbocycles. The number of rotatable bonds is 32. The maximum absolute atomic E-state index is 13.4. The lowest BCUT2D eigenvalue weighted by molar-refractivity contribution is -0.410. The smallest absolute Gasteiger partial charge is 0.269 e. The number of amides is 4. The number of nitrogens with zero attached hydrogens (tertiary/aromatic N) is 1. The summed E-state index contributed by atoms with van der Waals surface area (Å²) in [6, 6.07) is -3.28. The van der Waals surface area contributed by atoms with Crippen LogP contribution in [0.15, 0.2) is 24.3 Å². The first-order valence-corrected chi connectivity index (χ1v) is 38.2. The van der Waals surface area contributed by atoms with Crippen molar-refractivity contribution in [2.45, 2.75) is 304 Å². The molecule has 9 heterocycles. The van der Waals surface area contributed by atoms with E-state index in [4.69, 9.17) is 85.3 Å². The zero-order valence-electron chi connectivity index (χ0n) is 64.6. The summed E-state index contributed by atoms with van der Waals surface area (Å²) in [6.07, 6.45) is -88.8. The van der Waals surface area contributed by atoms with E-state index in [0.29, 0.717) is 0 Å². The molecule has 0 aromatic heterocycles. The van der Waals surface area contributed by atoms with Gasteiger partial charge in [-0.25, -0.2) is 0 Å². The highest BCUT2D eigenvalue weighted by atomic mass is 16.8. The van der Waals surface area contributed by atoms with Crippen molar-refractivity contribution in [1.29, 1.82) is 0 Å². The maximum atomic E-state index is 13.4. The van der Waals surface area contributed by atoms with Gasteiger partial charge < -0.3 is 229 Å². The van der Waals surface area contributed by atoms with E-state index in [0.717, 1.165) is 52.0 Å². The zero-order chi connectivity index (χ0) is 88.8. The third-order valence-electron chi connectivity index (χ3n) is 21.6. The lowest BCUT2D eigenvalue weighted by atomic mass is 9.93. The third-order valence-corrected chi connectivity index (χ3v) is 21.6. The zero-order valence-corrected chi connectivity index (χ0v) is 64.6. The van der Waals surface area contributed by atoms with Crippen molar-refractivity contribution in [1.82, 2.24) is 21.3 Å². The molecule has 53 nitrogen and oxygen atoms in total. The number of nitro benzene ring substituents is 1. The van der Waals surface area contributed by atoms with Crippen molar-refractivity contribution >= 4 is 29.3 Å². The van der Waals surface area contributed by atoms with Crippen LogP contribution >= 0.6 is 0 Å². The topological polar surface area (TPSA) is 811 Å². The summed E-state index contributed by atoms with van der Waals surface area (Å²) in [5.74, 6) is -3.89. The molecule has 0 spiro atoms. The second-order valence-electron chi connectivity index (χ2n) is 30.0. The van der Waals surface area contributed by atoms with Gasteiger partial charge in [-0.2, -0.15) is 0 Å². The average molecular weight is 1760 g/mol. The van der Waals surface area contributed by atoms with Crippen LogP contribution < -0.4 is 26.0 Å². The van der Waals surface area contributed by atoms with E-state index in [1.54, 1.807) is 0 Å². The predicted octanol–water partition coefficient (Wildman–Crippen LogP) is -18.1. The van der Waals surface area contributed by atoms with Crippen LogP contribution in [-0.4, -0.2) is 487 Å². The first kappa shape index (κ1) is 97.8. The molecule has 4 amide bonds. The number of hydrogen-bond acceptors (Lipinski definition) is 48. The molecule has 0 saturated carbocycles. The number of aliphatic hydroxyl groups is 24. The normalized spacial score (nSPS) is 46.1. The highest BCUT2D eigenvalue weighted by Gasteiger charge is 2.62. The van der Waals surface area contributed by atoms with Gasteiger partial charge in [0.25, 0.3) is 5.69 Å². The van der Waals surface area contributed by atoms with Gasteiger partial charge in [0.05, 0.1) is 64.4 Å². The number of aliphatic hydroxyl groups excluding tert-OH is 24. The molecule has 9 aliphatic rings. The molecule has 45 atom stereocenters. The number of carbonyl (C=O) groups is 4. The lowest BCUT2D eigenvalue weighted by Gasteiger charge is -2.52. The highest BCUT2D eigenvalue weighted by molar-refractivity contribution is 5.74. The minimum atomic E-state index is -2.63. The van der Waals surface area contributed by atoms with E-state index in [9.17, 15) is 152 Å². The van der Waals surface area contributed by atoms with Crippen LogP contribution in [0.1, 0.15) is 27.7 Å². The highest BCUT2D eigenvalue weighted by Crippen LogP contribution is 2.41. The summed E-state index contributed by atoms with van der Waals surface area (Å²) in [4.78, 5) is 62.8. The Hall–Kier alpha value is -5.34. The third kappa shape index (κ3) is 22.1. The standard InChI is InChI=1S/C68H107N5O48/c1-18(81)69-33-44(92)37(85)24(9-74)107-61(33)120-58-50(98)41(89)28(13-78)111-67(58)119-57-43(91)32(17-105-65-53(101)56(118-66-52(100)49(97)40(88)27(12-77)110-66)42(90)31(114-65)16-104-64-51(99)48(96)39(87)26(11-76)109-64)115-68(59(57)121-62-34(70-19(2)82)45(93)38(86)25(10-75)108-62)117-55-30(15-80)113-63(36(47(55)95)72-21(4)84)116-54-29(14-79)112-60(35(46(54)94)71-20(3)83)106-23-7-5-22(6-8-23)73(102)103/h5-8,24-68,74-80,85-101H,9-17H2,1-4H3,(H,69,81)(H,70,82)(H,71,83)(H,72,84)/t24-,25-,26-,27-,28-,29-,30-,31-,32-,33-,34-,35-,36-,37-,38-,39-,40-,41-,42-,43-,44-,45-,46-,47-,48+,49+,50+,51+,52+,53+,54-,55-,56+,57+,58+,59+,60-,61+,62+,63+,64+,65+,66-,67-,68+/m1/s1. The van der Waals surface area contributed by atoms with Gasteiger partial charge >= 0.3 is 0 Å². The van der Waals surface area contributed by atoms with Crippen LogP contribution in [0.3, 0.4) is 0 Å². The molecule has 53 heteroatoms. The summed E-state index contributed by atoms with van der Waals surface area (Å²) in [6.45, 7) is -6.49. The van der Waals surface area contributed by atoms with Crippen molar-refractivity contribution in [3.05, 3.63) is 34.4 Å².